The number of nitrogens with zero attached hydrogens (tertiary/aromatic N) is 3. The van der Waals surface area contributed by atoms with E-state index in [1.165, 1.54) is 0 Å². The summed E-state index contributed by atoms with van der Waals surface area (Å²) in [7, 11) is 3.23. The van der Waals surface area contributed by atoms with Crippen LogP contribution in [0.25, 0.3) is 22.5 Å². The molecule has 1 amide bonds. The van der Waals surface area contributed by atoms with Crippen molar-refractivity contribution in [3.63, 3.8) is 0 Å². The van der Waals surface area contributed by atoms with E-state index < -0.39 is 23.2 Å². The van der Waals surface area contributed by atoms with Gasteiger partial charge in [0.25, 0.3) is 0 Å². The van der Waals surface area contributed by atoms with E-state index in [-0.39, 0.29) is 23.9 Å². The second-order valence-corrected chi connectivity index (χ2v) is 18.0. The molecule has 0 aliphatic heterocycles. The number of aromatic nitrogens is 3. The summed E-state index contributed by atoms with van der Waals surface area (Å²) in [6, 6.07) is 15.9. The fourth-order valence-electron chi connectivity index (χ4n) is 4.78. The van der Waals surface area contributed by atoms with Crippen molar-refractivity contribution in [2.45, 2.75) is 91.5 Å². The van der Waals surface area contributed by atoms with E-state index in [9.17, 15) is 14.7 Å². The highest BCUT2D eigenvalue weighted by atomic mass is 33.1. The van der Waals surface area contributed by atoms with Gasteiger partial charge in [-0.25, -0.2) is 9.48 Å². The number of benzene rings is 2. The molecule has 12 heteroatoms. The summed E-state index contributed by atoms with van der Waals surface area (Å²) in [4.78, 5) is 24.1. The van der Waals surface area contributed by atoms with Gasteiger partial charge in [0, 0.05) is 40.2 Å². The predicted octanol–water partition coefficient (Wildman–Crippen LogP) is 7.44. The number of nitrogens with one attached hydrogen (secondary N) is 1. The molecule has 49 heavy (non-hydrogen) atoms. The number of hydrogen-bond donors (Lipinski definition) is 3. The van der Waals surface area contributed by atoms with Gasteiger partial charge in [0.15, 0.2) is 0 Å². The zero-order valence-electron chi connectivity index (χ0n) is 30.4. The van der Waals surface area contributed by atoms with Gasteiger partial charge < -0.3 is 25.0 Å². The lowest BCUT2D eigenvalue weighted by molar-refractivity contribution is -0.152. The van der Waals surface area contributed by atoms with Crippen molar-refractivity contribution >= 4 is 33.7 Å². The van der Waals surface area contributed by atoms with Gasteiger partial charge in [-0.05, 0) is 66.4 Å². The van der Waals surface area contributed by atoms with Crippen LogP contribution in [0.4, 0.5) is 4.79 Å². The lowest BCUT2D eigenvalue weighted by Crippen LogP contribution is -2.32. The van der Waals surface area contributed by atoms with Gasteiger partial charge in [0.1, 0.15) is 18.4 Å². The van der Waals surface area contributed by atoms with E-state index in [2.05, 4.69) is 29.5 Å². The summed E-state index contributed by atoms with van der Waals surface area (Å²) >= 11 is 0. The maximum Gasteiger partial charge on any atom is 0.407 e. The van der Waals surface area contributed by atoms with E-state index >= 15 is 0 Å². The van der Waals surface area contributed by atoms with Crippen molar-refractivity contribution in [2.75, 3.05) is 32.1 Å². The monoisotopic (exact) mass is 714 g/mol. The van der Waals surface area contributed by atoms with Crippen LogP contribution in [0.1, 0.15) is 86.0 Å². The fourth-order valence-corrected chi connectivity index (χ4v) is 6.96. The number of rotatable bonds is 12. The Hall–Kier alpha value is -3.06. The van der Waals surface area contributed by atoms with Crippen LogP contribution in [0.15, 0.2) is 48.5 Å². The highest BCUT2D eigenvalue weighted by Gasteiger charge is 2.33. The van der Waals surface area contributed by atoms with Gasteiger partial charge in [-0.15, -0.1) is 5.10 Å². The average Bonchev–Trinajstić information content (AvgIpc) is 3.49. The van der Waals surface area contributed by atoms with Gasteiger partial charge in [-0.2, -0.15) is 0 Å². The lowest BCUT2D eigenvalue weighted by atomic mass is 9.87. The van der Waals surface area contributed by atoms with E-state index in [0.29, 0.717) is 25.5 Å². The van der Waals surface area contributed by atoms with Crippen molar-refractivity contribution < 1.29 is 29.3 Å². The highest BCUT2D eigenvalue weighted by molar-refractivity contribution is 8.77. The molecule has 0 saturated carbocycles. The second-order valence-electron chi connectivity index (χ2n) is 14.8. The van der Waals surface area contributed by atoms with Crippen LogP contribution in [-0.4, -0.2) is 74.1 Å². The number of carbonyl (C=O) groups excluding carboxylic acids is 2. The Labute approximate surface area is 299 Å². The van der Waals surface area contributed by atoms with Crippen LogP contribution in [0.5, 0.6) is 0 Å². The molecule has 4 rings (SSSR count). The van der Waals surface area contributed by atoms with Gasteiger partial charge >= 0.3 is 12.1 Å². The molecule has 1 atom stereocenters. The Morgan fingerprint density at radius 2 is 1.63 bits per heavy atom. The van der Waals surface area contributed by atoms with Crippen LogP contribution in [0.3, 0.4) is 0 Å². The zero-order chi connectivity index (χ0) is 36.4. The standard InChI is InChI=1S/C26H32N4O3.C11H22O3S2/c1-17(2)13-14-27-25(32)33-22-15-18-9-5-6-10-19(18)23-24(21-12-8-7-11-20(21)22)30(29-28-23)26(3,4)16-31;1-10(2,3)9(13)14-6-7-15-16-11(4,5)8-12/h5-12,17,22,31H,13-16H2,1-4H3,(H,27,32);12H,6-8H2,1-5H3. The molecule has 0 spiro atoms. The first kappa shape index (κ1) is 40.4. The van der Waals surface area contributed by atoms with E-state index in [4.69, 9.17) is 14.6 Å². The minimum atomic E-state index is -0.660. The van der Waals surface area contributed by atoms with Gasteiger partial charge in [-0.1, -0.05) is 89.2 Å². The number of aliphatic hydroxyl groups is 2. The van der Waals surface area contributed by atoms with Crippen molar-refractivity contribution in [3.8, 4) is 22.5 Å². The molecule has 1 aliphatic carbocycles. The van der Waals surface area contributed by atoms with Crippen LogP contribution in [-0.2, 0) is 26.2 Å². The molecule has 270 valence electrons. The largest absolute Gasteiger partial charge is 0.464 e. The zero-order valence-corrected chi connectivity index (χ0v) is 32.0. The van der Waals surface area contributed by atoms with Crippen LogP contribution >= 0.6 is 21.6 Å². The maximum absolute atomic E-state index is 12.7. The average molecular weight is 715 g/mol. The number of aliphatic hydroxyl groups excluding tert-OH is 2. The predicted molar refractivity (Wildman–Crippen MR) is 199 cm³/mol. The minimum absolute atomic E-state index is 0.0925. The molecule has 1 unspecified atom stereocenters. The number of ether oxygens (including phenoxy) is 2. The molecule has 3 aromatic rings. The van der Waals surface area contributed by atoms with E-state index in [1.54, 1.807) is 26.3 Å². The Bertz CT molecular complexity index is 1530. The van der Waals surface area contributed by atoms with Crippen molar-refractivity contribution in [1.82, 2.24) is 20.3 Å². The van der Waals surface area contributed by atoms with Gasteiger partial charge in [0.05, 0.1) is 29.9 Å². The molecule has 0 saturated heterocycles. The molecule has 0 bridgehead atoms. The minimum Gasteiger partial charge on any atom is -0.464 e. The Morgan fingerprint density at radius 3 is 2.27 bits per heavy atom. The molecule has 1 aromatic heterocycles. The molecule has 0 fully saturated rings. The maximum atomic E-state index is 12.7. The third-order valence-corrected chi connectivity index (χ3v) is 11.0. The summed E-state index contributed by atoms with van der Waals surface area (Å²) in [5.74, 6) is 1.08. The SMILES string of the molecule is CC(C)(CO)SSCCOC(=O)C(C)(C)C.CC(C)CCNC(=O)OC1Cc2ccccc2-c2nnn(C(C)(C)CO)c2-c2ccccc21. The summed E-state index contributed by atoms with van der Waals surface area (Å²) in [5, 5.41) is 31.0. The van der Waals surface area contributed by atoms with Crippen LogP contribution in [0.2, 0.25) is 0 Å². The van der Waals surface area contributed by atoms with Gasteiger partial charge in [-0.3, -0.25) is 4.79 Å². The van der Waals surface area contributed by atoms with Crippen LogP contribution in [0, 0.1) is 11.3 Å². The van der Waals surface area contributed by atoms with Crippen molar-refractivity contribution in [3.05, 3.63) is 59.7 Å². The van der Waals surface area contributed by atoms with Gasteiger partial charge in [0.2, 0.25) is 0 Å². The highest BCUT2D eigenvalue weighted by Crippen LogP contribution is 2.43. The van der Waals surface area contributed by atoms with Crippen molar-refractivity contribution in [2.24, 2.45) is 11.3 Å². The third kappa shape index (κ3) is 11.5. The molecule has 3 N–H and O–H groups in total. The molecular formula is C37H54N4O6S2. The number of alkyl carbamates (subject to hydrolysis) is 1. The molecule has 0 radical (unpaired) electrons. The number of hydrogen-bond acceptors (Lipinski definition) is 10. The number of carbonyl (C=O) groups is 2. The Kier molecular flexibility index (Phi) is 14.6. The molecule has 10 nitrogen and oxygen atoms in total. The number of fused-ring (bicyclic) bond motifs is 5. The van der Waals surface area contributed by atoms with E-state index in [1.807, 2.05) is 97.0 Å². The molecule has 1 aliphatic rings. The summed E-state index contributed by atoms with van der Waals surface area (Å²) in [5.41, 5.74) is 4.26. The number of amides is 1. The first-order chi connectivity index (χ1) is 23.0. The number of esters is 1. The van der Waals surface area contributed by atoms with Crippen LogP contribution < -0.4 is 5.32 Å². The normalized spacial score (nSPS) is 14.3. The fraction of sp³-hybridized carbons (Fsp3) is 0.568. The third-order valence-electron chi connectivity index (χ3n) is 7.79. The smallest absolute Gasteiger partial charge is 0.407 e. The first-order valence-corrected chi connectivity index (χ1v) is 19.1. The molecule has 1 heterocycles. The molecular weight excluding hydrogens is 661 g/mol. The quantitative estimate of drug-likeness (QED) is 0.0987. The summed E-state index contributed by atoms with van der Waals surface area (Å²) < 4.78 is 12.7. The van der Waals surface area contributed by atoms with Crippen molar-refractivity contribution in [1.29, 1.82) is 0 Å². The summed E-state index contributed by atoms with van der Waals surface area (Å²) in [6.07, 6.45) is 0.524. The first-order valence-electron chi connectivity index (χ1n) is 16.8. The second kappa shape index (κ2) is 17.7. The Morgan fingerprint density at radius 1 is 0.980 bits per heavy atom. The Balaban J connectivity index is 0.000000345. The topological polar surface area (TPSA) is 136 Å². The lowest BCUT2D eigenvalue weighted by Gasteiger charge is -2.28. The summed E-state index contributed by atoms with van der Waals surface area (Å²) in [6.45, 7) is 18.6. The molecule has 2 aromatic carbocycles. The van der Waals surface area contributed by atoms with E-state index in [0.717, 1.165) is 45.8 Å².